The molecule has 0 fully saturated rings. The first kappa shape index (κ1) is 34.4. The molecule has 1 aliphatic rings. The molecule has 244 valence electrons. The lowest BCUT2D eigenvalue weighted by atomic mass is 9.91. The highest BCUT2D eigenvalue weighted by atomic mass is 127. The van der Waals surface area contributed by atoms with Gasteiger partial charge in [-0.05, 0) is 82.5 Å². The number of aromatic nitrogens is 1. The fourth-order valence-electron chi connectivity index (χ4n) is 5.58. The summed E-state index contributed by atoms with van der Waals surface area (Å²) in [6.07, 6.45) is 1.83. The van der Waals surface area contributed by atoms with Gasteiger partial charge in [0.15, 0.2) is 4.80 Å². The smallest absolute Gasteiger partial charge is 0.338 e. The number of carbonyl (C=O) groups is 1. The molecular weight excluding hydrogens is 823 g/mol. The standard InChI is InChI=1S/C38H31BrClIN2O4S/c1-4-46-37(45)32-33(25-10-6-5-7-11-25)42-38-43(34(32)26-15-13-24(14-16-26)22(2)3)36(44)31(48-38)19-27-18-28(39)20-30(41)35(27)47-21-23-9-8-12-29(40)17-23/h5-20,22,34H,4,21H2,1-3H3/b31-19-/t34-/m1/s1. The van der Waals surface area contributed by atoms with Gasteiger partial charge < -0.3 is 9.47 Å². The first-order valence-corrected chi connectivity index (χ1v) is 18.5. The van der Waals surface area contributed by atoms with Gasteiger partial charge in [0.1, 0.15) is 12.4 Å². The Kier molecular flexibility index (Phi) is 10.7. The first-order valence-electron chi connectivity index (χ1n) is 15.4. The number of benzene rings is 4. The second kappa shape index (κ2) is 14.9. The molecule has 0 radical (unpaired) electrons. The number of nitrogens with zero attached hydrogens (tertiary/aromatic N) is 2. The molecule has 6 rings (SSSR count). The Morgan fingerprint density at radius 3 is 2.50 bits per heavy atom. The van der Waals surface area contributed by atoms with Gasteiger partial charge in [-0.2, -0.15) is 0 Å². The fraction of sp³-hybridized carbons (Fsp3) is 0.184. The van der Waals surface area contributed by atoms with E-state index in [2.05, 4.69) is 52.4 Å². The zero-order valence-electron chi connectivity index (χ0n) is 26.4. The third kappa shape index (κ3) is 7.24. The van der Waals surface area contributed by atoms with Crippen molar-refractivity contribution in [2.45, 2.75) is 39.3 Å². The highest BCUT2D eigenvalue weighted by Gasteiger charge is 2.35. The van der Waals surface area contributed by atoms with Crippen LogP contribution >= 0.6 is 61.5 Å². The molecule has 4 aromatic carbocycles. The Labute approximate surface area is 309 Å². The molecule has 2 heterocycles. The highest BCUT2D eigenvalue weighted by molar-refractivity contribution is 14.1. The van der Waals surface area contributed by atoms with Crippen LogP contribution in [0.3, 0.4) is 0 Å². The monoisotopic (exact) mass is 852 g/mol. The summed E-state index contributed by atoms with van der Waals surface area (Å²) in [5.74, 6) is 0.456. The van der Waals surface area contributed by atoms with Crippen molar-refractivity contribution < 1.29 is 14.3 Å². The molecule has 0 saturated heterocycles. The van der Waals surface area contributed by atoms with Gasteiger partial charge >= 0.3 is 5.97 Å². The predicted molar refractivity (Wildman–Crippen MR) is 204 cm³/mol. The summed E-state index contributed by atoms with van der Waals surface area (Å²) in [5, 5.41) is 0.633. The molecule has 0 amide bonds. The maximum Gasteiger partial charge on any atom is 0.338 e. The molecule has 6 nitrogen and oxygen atoms in total. The summed E-state index contributed by atoms with van der Waals surface area (Å²) < 4.78 is 15.7. The number of halogens is 3. The third-order valence-corrected chi connectivity index (χ3v) is 10.4. The molecule has 0 unspecified atom stereocenters. The molecule has 1 aromatic heterocycles. The van der Waals surface area contributed by atoms with Gasteiger partial charge in [0, 0.05) is 20.6 Å². The van der Waals surface area contributed by atoms with Gasteiger partial charge in [0.25, 0.3) is 5.56 Å². The van der Waals surface area contributed by atoms with E-state index >= 15 is 0 Å². The number of thiazole rings is 1. The quantitative estimate of drug-likeness (QED) is 0.110. The zero-order valence-corrected chi connectivity index (χ0v) is 31.7. The summed E-state index contributed by atoms with van der Waals surface area (Å²) in [6.45, 7) is 6.52. The summed E-state index contributed by atoms with van der Waals surface area (Å²) in [6, 6.07) is 28.3. The van der Waals surface area contributed by atoms with Crippen molar-refractivity contribution in [1.82, 2.24) is 4.57 Å². The zero-order chi connectivity index (χ0) is 33.9. The first-order chi connectivity index (χ1) is 23.1. The van der Waals surface area contributed by atoms with Crippen LogP contribution < -0.4 is 19.6 Å². The lowest BCUT2D eigenvalue weighted by Gasteiger charge is -2.26. The SMILES string of the molecule is CCOC(=O)C1=C(c2ccccc2)N=c2s/c(=C\c3cc(Br)cc(I)c3OCc3cccc(Cl)c3)c(=O)n2[C@@H]1c1ccc(C(C)C)cc1. The van der Waals surface area contributed by atoms with Crippen molar-refractivity contribution in [3.63, 3.8) is 0 Å². The normalized spacial score (nSPS) is 14.6. The minimum Gasteiger partial charge on any atom is -0.487 e. The topological polar surface area (TPSA) is 69.9 Å². The van der Waals surface area contributed by atoms with Crippen molar-refractivity contribution in [3.8, 4) is 5.75 Å². The van der Waals surface area contributed by atoms with E-state index in [1.165, 1.54) is 11.3 Å². The lowest BCUT2D eigenvalue weighted by molar-refractivity contribution is -0.138. The second-order valence-electron chi connectivity index (χ2n) is 11.5. The molecule has 10 heteroatoms. The molecule has 0 bridgehead atoms. The Morgan fingerprint density at radius 1 is 1.06 bits per heavy atom. The van der Waals surface area contributed by atoms with Crippen LogP contribution in [0.1, 0.15) is 60.5 Å². The molecule has 1 atom stereocenters. The van der Waals surface area contributed by atoms with Gasteiger partial charge in [-0.3, -0.25) is 9.36 Å². The van der Waals surface area contributed by atoms with Crippen molar-refractivity contribution in [1.29, 1.82) is 0 Å². The molecule has 0 saturated carbocycles. The summed E-state index contributed by atoms with van der Waals surface area (Å²) in [5.41, 5.74) is 4.92. The van der Waals surface area contributed by atoms with Gasteiger partial charge in [0.05, 0.1) is 32.0 Å². The molecule has 1 aliphatic heterocycles. The molecule has 5 aromatic rings. The predicted octanol–water partition coefficient (Wildman–Crippen LogP) is 8.66. The Bertz CT molecular complexity index is 2210. The van der Waals surface area contributed by atoms with Gasteiger partial charge in [-0.25, -0.2) is 9.79 Å². The Hall–Kier alpha value is -3.51. The van der Waals surface area contributed by atoms with Gasteiger partial charge in [-0.1, -0.05) is 119 Å². The van der Waals surface area contributed by atoms with E-state index in [0.29, 0.717) is 43.9 Å². The average Bonchev–Trinajstić information content (AvgIpc) is 3.38. The molecule has 48 heavy (non-hydrogen) atoms. The van der Waals surface area contributed by atoms with E-state index in [1.807, 2.05) is 97.1 Å². The van der Waals surface area contributed by atoms with Crippen LogP contribution in [0.25, 0.3) is 11.8 Å². The molecular formula is C38H31BrClIN2O4S. The van der Waals surface area contributed by atoms with E-state index < -0.39 is 12.0 Å². The largest absolute Gasteiger partial charge is 0.487 e. The number of hydrogen-bond donors (Lipinski definition) is 0. The number of hydrogen-bond acceptors (Lipinski definition) is 6. The van der Waals surface area contributed by atoms with E-state index in [4.69, 9.17) is 26.1 Å². The van der Waals surface area contributed by atoms with E-state index in [0.717, 1.165) is 35.9 Å². The lowest BCUT2D eigenvalue weighted by Crippen LogP contribution is -2.40. The minimum absolute atomic E-state index is 0.188. The molecule has 0 spiro atoms. The van der Waals surface area contributed by atoms with Crippen LogP contribution in [0.15, 0.2) is 111 Å². The van der Waals surface area contributed by atoms with Crippen LogP contribution in [-0.2, 0) is 16.1 Å². The maximum atomic E-state index is 14.5. The second-order valence-corrected chi connectivity index (χ2v) is 15.0. The average molecular weight is 854 g/mol. The number of ether oxygens (including phenoxy) is 2. The van der Waals surface area contributed by atoms with Crippen LogP contribution in [0.2, 0.25) is 5.02 Å². The third-order valence-electron chi connectivity index (χ3n) is 7.89. The molecule has 0 N–H and O–H groups in total. The summed E-state index contributed by atoms with van der Waals surface area (Å²) in [4.78, 5) is 33.7. The van der Waals surface area contributed by atoms with Crippen LogP contribution in [0.5, 0.6) is 5.75 Å². The van der Waals surface area contributed by atoms with Gasteiger partial charge in [0.2, 0.25) is 0 Å². The Balaban J connectivity index is 1.56. The van der Waals surface area contributed by atoms with Crippen LogP contribution in [0, 0.1) is 3.57 Å². The van der Waals surface area contributed by atoms with E-state index in [1.54, 1.807) is 11.5 Å². The molecule has 0 aliphatic carbocycles. The van der Waals surface area contributed by atoms with Crippen molar-refractivity contribution in [2.24, 2.45) is 4.99 Å². The Morgan fingerprint density at radius 2 is 1.81 bits per heavy atom. The maximum absolute atomic E-state index is 14.5. The number of carbonyl (C=O) groups excluding carboxylic acids is 1. The minimum atomic E-state index is -0.750. The van der Waals surface area contributed by atoms with E-state index in [9.17, 15) is 9.59 Å². The number of esters is 1. The van der Waals surface area contributed by atoms with Crippen molar-refractivity contribution in [3.05, 3.63) is 157 Å². The summed E-state index contributed by atoms with van der Waals surface area (Å²) >= 11 is 13.3. The number of rotatable bonds is 9. The van der Waals surface area contributed by atoms with Crippen molar-refractivity contribution >= 4 is 79.2 Å². The van der Waals surface area contributed by atoms with Crippen LogP contribution in [0.4, 0.5) is 0 Å². The van der Waals surface area contributed by atoms with Gasteiger partial charge in [-0.15, -0.1) is 0 Å². The summed E-state index contributed by atoms with van der Waals surface area (Å²) in [7, 11) is 0. The van der Waals surface area contributed by atoms with E-state index in [-0.39, 0.29) is 12.2 Å². The van der Waals surface area contributed by atoms with Crippen molar-refractivity contribution in [2.75, 3.05) is 6.61 Å². The fourth-order valence-corrected chi connectivity index (χ4v) is 8.49. The van der Waals surface area contributed by atoms with Crippen LogP contribution in [-0.4, -0.2) is 17.1 Å². The highest BCUT2D eigenvalue weighted by Crippen LogP contribution is 2.36. The number of fused-ring (bicyclic) bond motifs is 1.